The van der Waals surface area contributed by atoms with Crippen molar-refractivity contribution >= 4 is 0 Å². The Morgan fingerprint density at radius 3 is 2.67 bits per heavy atom. The van der Waals surface area contributed by atoms with Crippen molar-refractivity contribution in [2.24, 2.45) is 17.1 Å². The molecule has 2 unspecified atom stereocenters. The molecule has 21 heavy (non-hydrogen) atoms. The van der Waals surface area contributed by atoms with Crippen molar-refractivity contribution in [1.29, 1.82) is 0 Å². The number of fused-ring (bicyclic) bond motifs is 1. The van der Waals surface area contributed by atoms with Crippen LogP contribution in [0.4, 0.5) is 0 Å². The van der Waals surface area contributed by atoms with E-state index in [-0.39, 0.29) is 11.6 Å². The Morgan fingerprint density at radius 2 is 1.90 bits per heavy atom. The second-order valence-corrected chi connectivity index (χ2v) is 8.13. The highest BCUT2D eigenvalue weighted by molar-refractivity contribution is 5.38. The molecular weight excluding hydrogens is 258 g/mol. The fraction of sp³-hybridized carbons (Fsp3) is 0.684. The maximum Gasteiger partial charge on any atom is 0.124 e. The largest absolute Gasteiger partial charge is 0.487 e. The Balaban J connectivity index is 1.81. The zero-order valence-electron chi connectivity index (χ0n) is 13.7. The first-order valence-corrected chi connectivity index (χ1v) is 8.43. The number of rotatable bonds is 0. The maximum atomic E-state index is 6.49. The lowest BCUT2D eigenvalue weighted by atomic mass is 9.75. The van der Waals surface area contributed by atoms with Crippen molar-refractivity contribution in [3.63, 3.8) is 0 Å². The normalized spacial score (nSPS) is 33.1. The Kier molecular flexibility index (Phi) is 3.77. The van der Waals surface area contributed by atoms with E-state index in [2.05, 4.69) is 45.0 Å². The summed E-state index contributed by atoms with van der Waals surface area (Å²) >= 11 is 0. The number of benzene rings is 1. The molecule has 2 aliphatic rings. The van der Waals surface area contributed by atoms with Gasteiger partial charge >= 0.3 is 0 Å². The quantitative estimate of drug-likeness (QED) is 0.741. The van der Waals surface area contributed by atoms with Gasteiger partial charge in [0.2, 0.25) is 0 Å². The van der Waals surface area contributed by atoms with E-state index in [0.717, 1.165) is 30.9 Å². The maximum absolute atomic E-state index is 6.49. The van der Waals surface area contributed by atoms with Crippen LogP contribution in [0.1, 0.15) is 70.9 Å². The Hall–Kier alpha value is -1.02. The van der Waals surface area contributed by atoms with Gasteiger partial charge in [-0.1, -0.05) is 39.0 Å². The van der Waals surface area contributed by atoms with E-state index in [0.29, 0.717) is 5.41 Å². The lowest BCUT2D eigenvalue weighted by Gasteiger charge is -2.41. The molecule has 2 heteroatoms. The van der Waals surface area contributed by atoms with Crippen LogP contribution < -0.4 is 10.5 Å². The molecule has 2 nitrogen and oxygen atoms in total. The summed E-state index contributed by atoms with van der Waals surface area (Å²) in [7, 11) is 0. The monoisotopic (exact) mass is 287 g/mol. The molecule has 0 amide bonds. The van der Waals surface area contributed by atoms with Gasteiger partial charge in [-0.25, -0.2) is 0 Å². The van der Waals surface area contributed by atoms with Gasteiger partial charge in [0.25, 0.3) is 0 Å². The molecule has 116 valence electrons. The summed E-state index contributed by atoms with van der Waals surface area (Å²) in [5.41, 5.74) is 8.01. The number of para-hydroxylation sites is 1. The first kappa shape index (κ1) is 14.9. The molecule has 1 saturated carbocycles. The van der Waals surface area contributed by atoms with Crippen LogP contribution in [-0.2, 0) is 0 Å². The van der Waals surface area contributed by atoms with E-state index in [4.69, 9.17) is 10.5 Å². The Morgan fingerprint density at radius 1 is 1.14 bits per heavy atom. The number of hydrogen-bond donors (Lipinski definition) is 1. The summed E-state index contributed by atoms with van der Waals surface area (Å²) in [5.74, 6) is 1.82. The standard InChI is InChI=1S/C19H29NO/c1-18(2,3)14-7-6-11-19(12-10-14)13-16(20)15-8-4-5-9-17(15)21-19/h4-5,8-9,14,16H,6-7,10-13,20H2,1-3H3/t14?,16-,19?/m1/s1. The molecule has 1 aliphatic heterocycles. The first-order valence-electron chi connectivity index (χ1n) is 8.43. The van der Waals surface area contributed by atoms with Crippen LogP contribution in [0.2, 0.25) is 0 Å². The van der Waals surface area contributed by atoms with E-state index >= 15 is 0 Å². The molecule has 1 aliphatic carbocycles. The second kappa shape index (κ2) is 5.31. The molecular formula is C19H29NO. The number of ether oxygens (including phenoxy) is 1. The van der Waals surface area contributed by atoms with Crippen molar-refractivity contribution < 1.29 is 4.74 Å². The van der Waals surface area contributed by atoms with Crippen LogP contribution in [0.3, 0.4) is 0 Å². The third kappa shape index (κ3) is 2.96. The molecule has 1 fully saturated rings. The SMILES string of the molecule is CC(C)(C)C1CCCC2(CC1)C[C@@H](N)c1ccccc1O2. The topological polar surface area (TPSA) is 35.2 Å². The van der Waals surface area contributed by atoms with Gasteiger partial charge in [0.15, 0.2) is 0 Å². The predicted octanol–water partition coefficient (Wildman–Crippen LogP) is 4.83. The van der Waals surface area contributed by atoms with Crippen LogP contribution in [0.15, 0.2) is 24.3 Å². The summed E-state index contributed by atoms with van der Waals surface area (Å²) in [6, 6.07) is 8.44. The van der Waals surface area contributed by atoms with Crippen molar-refractivity contribution in [3.8, 4) is 5.75 Å². The minimum atomic E-state index is -0.0201. The predicted molar refractivity (Wildman–Crippen MR) is 87.4 cm³/mol. The number of nitrogens with two attached hydrogens (primary N) is 1. The summed E-state index contributed by atoms with van der Waals surface area (Å²) < 4.78 is 6.49. The fourth-order valence-electron chi connectivity index (χ4n) is 4.21. The fourth-order valence-corrected chi connectivity index (χ4v) is 4.21. The van der Waals surface area contributed by atoms with E-state index in [1.807, 2.05) is 0 Å². The van der Waals surface area contributed by atoms with Crippen molar-refractivity contribution in [1.82, 2.24) is 0 Å². The zero-order chi connectivity index (χ0) is 15.1. The molecule has 3 rings (SSSR count). The van der Waals surface area contributed by atoms with Gasteiger partial charge in [-0.15, -0.1) is 0 Å². The summed E-state index contributed by atoms with van der Waals surface area (Å²) in [6.45, 7) is 7.12. The molecule has 2 N–H and O–H groups in total. The molecule has 1 heterocycles. The van der Waals surface area contributed by atoms with Crippen LogP contribution in [-0.4, -0.2) is 5.60 Å². The van der Waals surface area contributed by atoms with Crippen molar-refractivity contribution in [2.45, 2.75) is 70.9 Å². The molecule has 0 saturated heterocycles. The smallest absolute Gasteiger partial charge is 0.124 e. The number of hydrogen-bond acceptors (Lipinski definition) is 2. The van der Waals surface area contributed by atoms with E-state index in [9.17, 15) is 0 Å². The lowest BCUT2D eigenvalue weighted by Crippen LogP contribution is -2.42. The minimum Gasteiger partial charge on any atom is -0.487 e. The van der Waals surface area contributed by atoms with Gasteiger partial charge in [0.1, 0.15) is 11.4 Å². The van der Waals surface area contributed by atoms with Crippen LogP contribution in [0.25, 0.3) is 0 Å². The van der Waals surface area contributed by atoms with Crippen molar-refractivity contribution in [2.75, 3.05) is 0 Å². The Labute approximate surface area is 129 Å². The lowest BCUT2D eigenvalue weighted by molar-refractivity contribution is 0.0188. The van der Waals surface area contributed by atoms with E-state index < -0.39 is 0 Å². The van der Waals surface area contributed by atoms with Crippen LogP contribution >= 0.6 is 0 Å². The molecule has 3 atom stereocenters. The molecule has 1 aromatic rings. The molecule has 1 spiro atoms. The zero-order valence-corrected chi connectivity index (χ0v) is 13.7. The van der Waals surface area contributed by atoms with E-state index in [1.165, 1.54) is 24.8 Å². The van der Waals surface area contributed by atoms with Gasteiger partial charge in [-0.3, -0.25) is 0 Å². The molecule has 0 bridgehead atoms. The van der Waals surface area contributed by atoms with Gasteiger partial charge in [0, 0.05) is 18.0 Å². The second-order valence-electron chi connectivity index (χ2n) is 8.13. The summed E-state index contributed by atoms with van der Waals surface area (Å²) in [4.78, 5) is 0. The minimum absolute atomic E-state index is 0.0201. The highest BCUT2D eigenvalue weighted by Crippen LogP contribution is 2.47. The van der Waals surface area contributed by atoms with Crippen molar-refractivity contribution in [3.05, 3.63) is 29.8 Å². The highest BCUT2D eigenvalue weighted by Gasteiger charge is 2.42. The Bertz CT molecular complexity index is 505. The van der Waals surface area contributed by atoms with Gasteiger partial charge in [-0.05, 0) is 49.5 Å². The van der Waals surface area contributed by atoms with Crippen LogP contribution in [0, 0.1) is 11.3 Å². The van der Waals surface area contributed by atoms with Gasteiger partial charge < -0.3 is 10.5 Å². The molecule has 0 aromatic heterocycles. The molecule has 0 radical (unpaired) electrons. The van der Waals surface area contributed by atoms with Gasteiger partial charge in [-0.2, -0.15) is 0 Å². The third-order valence-electron chi connectivity index (χ3n) is 5.60. The summed E-state index contributed by atoms with van der Waals surface area (Å²) in [6.07, 6.45) is 7.13. The average Bonchev–Trinajstić information content (AvgIpc) is 2.61. The highest BCUT2D eigenvalue weighted by atomic mass is 16.5. The van der Waals surface area contributed by atoms with Crippen LogP contribution in [0.5, 0.6) is 5.75 Å². The third-order valence-corrected chi connectivity index (χ3v) is 5.60. The molecule has 1 aromatic carbocycles. The first-order chi connectivity index (χ1) is 9.90. The average molecular weight is 287 g/mol. The van der Waals surface area contributed by atoms with E-state index in [1.54, 1.807) is 0 Å². The summed E-state index contributed by atoms with van der Waals surface area (Å²) in [5, 5.41) is 0. The van der Waals surface area contributed by atoms with Gasteiger partial charge in [0.05, 0.1) is 0 Å².